The van der Waals surface area contributed by atoms with E-state index in [2.05, 4.69) is 31.8 Å². The normalized spacial score (nSPS) is 19.2. The third-order valence-corrected chi connectivity index (χ3v) is 6.17. The standard InChI is InChI=1S/C20H29N7O3/c1-23-8-10-25(11-9-23)16-4-6-26(7-5-16)19-17(15-13-21-24(2)14-15)12-18(27(28)29)20(22-19)30-3/h12-14,16H,4-11H2,1-3H3. The first kappa shape index (κ1) is 20.5. The molecule has 0 radical (unpaired) electrons. The number of aryl methyl sites for hydroxylation is 1. The van der Waals surface area contributed by atoms with Gasteiger partial charge < -0.3 is 14.5 Å². The fourth-order valence-electron chi connectivity index (χ4n) is 4.40. The monoisotopic (exact) mass is 415 g/mol. The van der Waals surface area contributed by atoms with Gasteiger partial charge in [0.15, 0.2) is 0 Å². The molecule has 10 nitrogen and oxygen atoms in total. The molecule has 30 heavy (non-hydrogen) atoms. The van der Waals surface area contributed by atoms with E-state index in [1.54, 1.807) is 16.9 Å². The molecule has 0 unspecified atom stereocenters. The Kier molecular flexibility index (Phi) is 5.87. The van der Waals surface area contributed by atoms with Gasteiger partial charge >= 0.3 is 5.69 Å². The highest BCUT2D eigenvalue weighted by atomic mass is 16.6. The number of anilines is 1. The minimum Gasteiger partial charge on any atom is -0.476 e. The Morgan fingerprint density at radius 2 is 1.83 bits per heavy atom. The molecule has 0 saturated carbocycles. The molecule has 2 aromatic rings. The van der Waals surface area contributed by atoms with Gasteiger partial charge in [0.05, 0.1) is 18.2 Å². The lowest BCUT2D eigenvalue weighted by Crippen LogP contribution is -2.52. The summed E-state index contributed by atoms with van der Waals surface area (Å²) in [6.07, 6.45) is 5.68. The van der Waals surface area contributed by atoms with Gasteiger partial charge in [-0.05, 0) is 19.9 Å². The van der Waals surface area contributed by atoms with Crippen molar-refractivity contribution in [2.75, 3.05) is 58.3 Å². The number of hydrogen-bond donors (Lipinski definition) is 0. The van der Waals surface area contributed by atoms with Crippen molar-refractivity contribution in [1.29, 1.82) is 0 Å². The number of methoxy groups -OCH3 is 1. The van der Waals surface area contributed by atoms with Gasteiger partial charge in [-0.25, -0.2) is 0 Å². The quantitative estimate of drug-likeness (QED) is 0.537. The van der Waals surface area contributed by atoms with Crippen molar-refractivity contribution < 1.29 is 9.66 Å². The van der Waals surface area contributed by atoms with Gasteiger partial charge in [0.25, 0.3) is 5.88 Å². The zero-order chi connectivity index (χ0) is 21.3. The average molecular weight is 415 g/mol. The zero-order valence-corrected chi connectivity index (χ0v) is 17.8. The number of aromatic nitrogens is 3. The topological polar surface area (TPSA) is 92.8 Å². The van der Waals surface area contributed by atoms with Crippen LogP contribution in [0, 0.1) is 10.1 Å². The second-order valence-corrected chi connectivity index (χ2v) is 8.11. The predicted molar refractivity (Wildman–Crippen MR) is 114 cm³/mol. The number of pyridine rings is 1. The Morgan fingerprint density at radius 3 is 2.40 bits per heavy atom. The number of piperidine rings is 1. The Labute approximate surface area is 176 Å². The van der Waals surface area contributed by atoms with Crippen LogP contribution in [-0.4, -0.2) is 89.0 Å². The number of nitrogens with zero attached hydrogens (tertiary/aromatic N) is 7. The van der Waals surface area contributed by atoms with E-state index in [0.717, 1.165) is 63.5 Å². The van der Waals surface area contributed by atoms with E-state index < -0.39 is 4.92 Å². The van der Waals surface area contributed by atoms with Crippen molar-refractivity contribution in [1.82, 2.24) is 24.6 Å². The third kappa shape index (κ3) is 4.10. The summed E-state index contributed by atoms with van der Waals surface area (Å²) in [6, 6.07) is 2.14. The van der Waals surface area contributed by atoms with E-state index in [1.165, 1.54) is 7.11 Å². The van der Waals surface area contributed by atoms with Crippen molar-refractivity contribution in [2.45, 2.75) is 18.9 Å². The largest absolute Gasteiger partial charge is 0.476 e. The fourth-order valence-corrected chi connectivity index (χ4v) is 4.40. The smallest absolute Gasteiger partial charge is 0.331 e. The van der Waals surface area contributed by atoms with Gasteiger partial charge in [-0.2, -0.15) is 10.1 Å². The van der Waals surface area contributed by atoms with E-state index in [-0.39, 0.29) is 11.6 Å². The highest BCUT2D eigenvalue weighted by Gasteiger charge is 2.30. The SMILES string of the molecule is COc1nc(N2CCC(N3CCN(C)CC3)CC2)c(-c2cnn(C)c2)cc1[N+](=O)[O-]. The maximum atomic E-state index is 11.5. The van der Waals surface area contributed by atoms with Crippen molar-refractivity contribution in [3.05, 3.63) is 28.6 Å². The second-order valence-electron chi connectivity index (χ2n) is 8.11. The van der Waals surface area contributed by atoms with E-state index in [1.807, 2.05) is 13.2 Å². The van der Waals surface area contributed by atoms with Gasteiger partial charge in [0.2, 0.25) is 0 Å². The molecule has 0 aliphatic carbocycles. The van der Waals surface area contributed by atoms with Crippen LogP contribution in [0.1, 0.15) is 12.8 Å². The van der Waals surface area contributed by atoms with E-state index in [9.17, 15) is 10.1 Å². The van der Waals surface area contributed by atoms with Gasteiger partial charge in [-0.1, -0.05) is 0 Å². The van der Waals surface area contributed by atoms with Gasteiger partial charge in [-0.3, -0.25) is 19.7 Å². The molecule has 0 bridgehead atoms. The van der Waals surface area contributed by atoms with Crippen LogP contribution in [0.15, 0.2) is 18.5 Å². The molecule has 2 aliphatic heterocycles. The number of ether oxygens (including phenoxy) is 1. The van der Waals surface area contributed by atoms with E-state index >= 15 is 0 Å². The van der Waals surface area contributed by atoms with Crippen LogP contribution in [0.25, 0.3) is 11.1 Å². The first-order chi connectivity index (χ1) is 14.5. The highest BCUT2D eigenvalue weighted by Crippen LogP contribution is 2.38. The molecule has 2 saturated heterocycles. The molecular weight excluding hydrogens is 386 g/mol. The summed E-state index contributed by atoms with van der Waals surface area (Å²) in [5, 5.41) is 15.8. The molecule has 2 aromatic heterocycles. The molecule has 10 heteroatoms. The maximum Gasteiger partial charge on any atom is 0.331 e. The molecule has 2 fully saturated rings. The van der Waals surface area contributed by atoms with Gasteiger partial charge in [-0.15, -0.1) is 0 Å². The summed E-state index contributed by atoms with van der Waals surface area (Å²) in [6.45, 7) is 6.19. The molecule has 2 aliphatic rings. The third-order valence-electron chi connectivity index (χ3n) is 6.17. The minimum atomic E-state index is -0.449. The Balaban J connectivity index is 1.59. The molecule has 0 atom stereocenters. The molecule has 0 spiro atoms. The number of hydrogen-bond acceptors (Lipinski definition) is 8. The number of piperazine rings is 1. The lowest BCUT2D eigenvalue weighted by atomic mass is 10.0. The Hall–Kier alpha value is -2.72. The molecule has 0 aromatic carbocycles. The minimum absolute atomic E-state index is 0.0452. The summed E-state index contributed by atoms with van der Waals surface area (Å²) in [7, 11) is 5.42. The number of nitro groups is 1. The van der Waals surface area contributed by atoms with Crippen molar-refractivity contribution in [3.63, 3.8) is 0 Å². The van der Waals surface area contributed by atoms with Crippen LogP contribution < -0.4 is 9.64 Å². The van der Waals surface area contributed by atoms with Crippen LogP contribution in [-0.2, 0) is 7.05 Å². The van der Waals surface area contributed by atoms with Gasteiger partial charge in [0.1, 0.15) is 5.82 Å². The lowest BCUT2D eigenvalue weighted by Gasteiger charge is -2.42. The van der Waals surface area contributed by atoms with Crippen LogP contribution >= 0.6 is 0 Å². The molecule has 162 valence electrons. The van der Waals surface area contributed by atoms with Crippen LogP contribution in [0.5, 0.6) is 5.88 Å². The van der Waals surface area contributed by atoms with Gasteiger partial charge in [0, 0.05) is 75.7 Å². The Bertz CT molecular complexity index is 900. The van der Waals surface area contributed by atoms with Crippen LogP contribution in [0.4, 0.5) is 11.5 Å². The van der Waals surface area contributed by atoms with Crippen molar-refractivity contribution >= 4 is 11.5 Å². The number of rotatable bonds is 5. The summed E-state index contributed by atoms with van der Waals surface area (Å²) in [4.78, 5) is 22.9. The average Bonchev–Trinajstić information content (AvgIpc) is 3.19. The number of likely N-dealkylation sites (N-methyl/N-ethyl adjacent to an activating group) is 1. The van der Waals surface area contributed by atoms with Crippen molar-refractivity contribution in [2.24, 2.45) is 7.05 Å². The van der Waals surface area contributed by atoms with Crippen LogP contribution in [0.3, 0.4) is 0 Å². The first-order valence-electron chi connectivity index (χ1n) is 10.4. The first-order valence-corrected chi connectivity index (χ1v) is 10.4. The fraction of sp³-hybridized carbons (Fsp3) is 0.600. The molecule has 0 N–H and O–H groups in total. The van der Waals surface area contributed by atoms with E-state index in [4.69, 9.17) is 4.74 Å². The summed E-state index contributed by atoms with van der Waals surface area (Å²) in [5.41, 5.74) is 1.40. The van der Waals surface area contributed by atoms with Crippen molar-refractivity contribution in [3.8, 4) is 17.0 Å². The molecule has 4 rings (SSSR count). The molecule has 0 amide bonds. The lowest BCUT2D eigenvalue weighted by molar-refractivity contribution is -0.386. The molecular formula is C20H29N7O3. The van der Waals surface area contributed by atoms with Crippen LogP contribution in [0.2, 0.25) is 0 Å². The summed E-state index contributed by atoms with van der Waals surface area (Å²) >= 11 is 0. The predicted octanol–water partition coefficient (Wildman–Crippen LogP) is 1.62. The molecule has 4 heterocycles. The second kappa shape index (κ2) is 8.57. The summed E-state index contributed by atoms with van der Waals surface area (Å²) in [5.74, 6) is 0.770. The highest BCUT2D eigenvalue weighted by molar-refractivity contribution is 5.78. The Morgan fingerprint density at radius 1 is 1.13 bits per heavy atom. The summed E-state index contributed by atoms with van der Waals surface area (Å²) < 4.78 is 6.94. The zero-order valence-electron chi connectivity index (χ0n) is 17.8. The van der Waals surface area contributed by atoms with E-state index in [0.29, 0.717) is 11.6 Å². The maximum absolute atomic E-state index is 11.5.